The fourth-order valence-corrected chi connectivity index (χ4v) is 10.7. The molecule has 1 aromatic carbocycles. The summed E-state index contributed by atoms with van der Waals surface area (Å²) < 4.78 is 31.1. The zero-order valence-corrected chi connectivity index (χ0v) is 44.0. The average Bonchev–Trinajstić information content (AvgIpc) is 3.40. The van der Waals surface area contributed by atoms with E-state index < -0.39 is 98.0 Å². The van der Waals surface area contributed by atoms with Crippen LogP contribution in [0.2, 0.25) is 0 Å². The van der Waals surface area contributed by atoms with Gasteiger partial charge in [0.05, 0.1) is 25.4 Å². The molecule has 0 radical (unpaired) electrons. The smallest absolute Gasteiger partial charge is 0.332 e. The molecule has 74 heavy (non-hydrogen) atoms. The lowest BCUT2D eigenvalue weighted by molar-refractivity contribution is -0.321. The lowest BCUT2D eigenvalue weighted by Gasteiger charge is -2.46. The van der Waals surface area contributed by atoms with E-state index in [1.165, 1.54) is 12.5 Å². The lowest BCUT2D eigenvalue weighted by atomic mass is 9.85. The van der Waals surface area contributed by atoms with Crippen molar-refractivity contribution in [1.29, 1.82) is 0 Å². The van der Waals surface area contributed by atoms with Crippen LogP contribution in [0.4, 0.5) is 0 Å². The first-order chi connectivity index (χ1) is 35.8. The highest BCUT2D eigenvalue weighted by Gasteiger charge is 2.50. The predicted molar refractivity (Wildman–Crippen MR) is 275 cm³/mol. The second-order valence-corrected chi connectivity index (χ2v) is 21.3. The average molecular weight is 1050 g/mol. The molecule has 5 fully saturated rings. The fourth-order valence-electron chi connectivity index (χ4n) is 10.7. The molecule has 21 heteroatoms. The van der Waals surface area contributed by atoms with Crippen molar-refractivity contribution in [3.8, 4) is 0 Å². The van der Waals surface area contributed by atoms with E-state index >= 15 is 0 Å². The molecule has 0 bridgehead atoms. The molecule has 4 aliphatic heterocycles. The van der Waals surface area contributed by atoms with Gasteiger partial charge in [0.25, 0.3) is 0 Å². The number of benzene rings is 1. The summed E-state index contributed by atoms with van der Waals surface area (Å²) in [6, 6.07) is 7.29. The van der Waals surface area contributed by atoms with Crippen molar-refractivity contribution in [3.05, 3.63) is 35.4 Å². The molecule has 13 atom stereocenters. The maximum atomic E-state index is 13.9. The minimum Gasteiger partial charge on any atom is -0.479 e. The Hall–Kier alpha value is -2.97. The first kappa shape index (κ1) is 60.3. The Morgan fingerprint density at radius 1 is 0.757 bits per heavy atom. The van der Waals surface area contributed by atoms with Crippen molar-refractivity contribution in [1.82, 2.24) is 36.8 Å². The van der Waals surface area contributed by atoms with Gasteiger partial charge in [-0.3, -0.25) is 14.5 Å². The van der Waals surface area contributed by atoms with Crippen LogP contribution in [0.25, 0.3) is 0 Å². The van der Waals surface area contributed by atoms with Crippen LogP contribution in [0.5, 0.6) is 0 Å². The largest absolute Gasteiger partial charge is 0.479 e. The quantitative estimate of drug-likeness (QED) is 0.0712. The maximum absolute atomic E-state index is 13.9. The van der Waals surface area contributed by atoms with Gasteiger partial charge in [-0.25, -0.2) is 4.79 Å². The van der Waals surface area contributed by atoms with Gasteiger partial charge in [0, 0.05) is 51.6 Å². The number of piperidine rings is 1. The number of amides is 2. The molecule has 5 aliphatic rings. The number of nitrogens with one attached hydrogen (secondary N) is 6. The van der Waals surface area contributed by atoms with E-state index in [0.717, 1.165) is 109 Å². The van der Waals surface area contributed by atoms with Crippen LogP contribution in [0.15, 0.2) is 24.3 Å². The topological polar surface area (TPSA) is 294 Å². The number of carbonyl (C=O) groups is 3. The number of hydrogen-bond acceptors (Lipinski definition) is 18. The van der Waals surface area contributed by atoms with E-state index in [4.69, 9.17) is 23.7 Å². The molecule has 1 aliphatic carbocycles. The van der Waals surface area contributed by atoms with Crippen LogP contribution in [0.1, 0.15) is 102 Å². The SMILES string of the molecule is CC(CCC(=O)NCCc1ccc(CN2CCCNCCNCCCNCC2)cc1)C(COC1OC(CO)C(O)C(O[C@@H](CC2CCCCC2)C(=O)O)C1NC(=O)C1CCNCC1)OC1OC(C)C(O)C(O)C1O. The van der Waals surface area contributed by atoms with E-state index in [0.29, 0.717) is 38.9 Å². The van der Waals surface area contributed by atoms with E-state index in [1.807, 2.05) is 6.92 Å². The van der Waals surface area contributed by atoms with Gasteiger partial charge in [0.15, 0.2) is 18.7 Å². The first-order valence-corrected chi connectivity index (χ1v) is 27.8. The molecule has 1 saturated carbocycles. The van der Waals surface area contributed by atoms with E-state index in [2.05, 4.69) is 61.1 Å². The van der Waals surface area contributed by atoms with Crippen molar-refractivity contribution < 1.29 is 68.7 Å². The Morgan fingerprint density at radius 2 is 1.43 bits per heavy atom. The fraction of sp³-hybridized carbons (Fsp3) is 0.830. The van der Waals surface area contributed by atoms with Gasteiger partial charge in [-0.05, 0) is 114 Å². The third-order valence-electron chi connectivity index (χ3n) is 15.5. The molecule has 2 amide bonds. The van der Waals surface area contributed by atoms with E-state index in [-0.39, 0.29) is 43.6 Å². The second kappa shape index (κ2) is 32.1. The van der Waals surface area contributed by atoms with Crippen molar-refractivity contribution in [2.75, 3.05) is 85.2 Å². The zero-order valence-electron chi connectivity index (χ0n) is 44.0. The van der Waals surface area contributed by atoms with Crippen LogP contribution in [0, 0.1) is 17.8 Å². The highest BCUT2D eigenvalue weighted by Crippen LogP contribution is 2.33. The molecule has 1 aromatic rings. The minimum atomic E-state index is -1.65. The van der Waals surface area contributed by atoms with Gasteiger partial charge in [0.1, 0.15) is 42.7 Å². The summed E-state index contributed by atoms with van der Waals surface area (Å²) in [4.78, 5) is 42.5. The van der Waals surface area contributed by atoms with Gasteiger partial charge in [0.2, 0.25) is 11.8 Å². The minimum absolute atomic E-state index is 0.0989. The standard InChI is InChI=1S/C53H91N7O14/c1-34(10-15-43(62)58-24-16-36-11-13-38(14-12-36)31-60-28-7-21-55-26-25-54-19-6-20-56-27-29-60)42(74-53-48(66)47(65)45(63)35(2)71-53)33-70-52-44(59-50(67)39-17-22-57-23-18-39)49(46(64)41(32-61)73-52)72-40(51(68)69)30-37-8-4-3-5-9-37/h11-14,34-35,37,39-42,44-49,52-57,61,63-66H,3-10,15-33H2,1-2H3,(H,58,62)(H,59,67)(H,68,69)/t34?,35?,40-,41?,42?,44?,45?,46?,47?,48?,49?,52?,53?/m0/s1. The summed E-state index contributed by atoms with van der Waals surface area (Å²) in [5.74, 6) is -2.52. The number of carboxylic acids is 1. The van der Waals surface area contributed by atoms with E-state index in [9.17, 15) is 45.0 Å². The molecule has 12 unspecified atom stereocenters. The number of rotatable bonds is 22. The molecule has 422 valence electrons. The van der Waals surface area contributed by atoms with Crippen molar-refractivity contribution in [3.63, 3.8) is 0 Å². The molecule has 0 aromatic heterocycles. The summed E-state index contributed by atoms with van der Waals surface area (Å²) in [6.45, 7) is 12.8. The molecule has 12 N–H and O–H groups in total. The normalized spacial score (nSPS) is 31.1. The first-order valence-electron chi connectivity index (χ1n) is 27.8. The monoisotopic (exact) mass is 1050 g/mol. The van der Waals surface area contributed by atoms with E-state index in [1.54, 1.807) is 0 Å². The van der Waals surface area contributed by atoms with Crippen molar-refractivity contribution in [2.24, 2.45) is 17.8 Å². The summed E-state index contributed by atoms with van der Waals surface area (Å²) >= 11 is 0. The second-order valence-electron chi connectivity index (χ2n) is 21.3. The van der Waals surface area contributed by atoms with Crippen LogP contribution in [-0.2, 0) is 51.0 Å². The number of carboxylic acid groups (broad SMARTS) is 1. The van der Waals surface area contributed by atoms with Gasteiger partial charge in [-0.2, -0.15) is 0 Å². The zero-order chi connectivity index (χ0) is 52.8. The predicted octanol–water partition coefficient (Wildman–Crippen LogP) is -0.273. The summed E-state index contributed by atoms with van der Waals surface area (Å²) in [5.41, 5.74) is 2.34. The number of aliphatic hydroxyl groups is 5. The molecular formula is C53H91N7O14. The molecule has 21 nitrogen and oxygen atoms in total. The molecule has 0 spiro atoms. The summed E-state index contributed by atoms with van der Waals surface area (Å²) in [6.07, 6.45) is -5.63. The van der Waals surface area contributed by atoms with Crippen LogP contribution in [-0.4, -0.2) is 212 Å². The lowest BCUT2D eigenvalue weighted by Crippen LogP contribution is -2.67. The van der Waals surface area contributed by atoms with Gasteiger partial charge < -0.3 is 86.2 Å². The van der Waals surface area contributed by atoms with Crippen molar-refractivity contribution >= 4 is 17.8 Å². The molecule has 6 rings (SSSR count). The Labute approximate surface area is 437 Å². The number of nitrogens with zero attached hydrogens (tertiary/aromatic N) is 1. The molecule has 4 saturated heterocycles. The number of aliphatic carboxylic acids is 1. The Kier molecular flexibility index (Phi) is 26.1. The summed E-state index contributed by atoms with van der Waals surface area (Å²) in [5, 5.41) is 84.5. The Morgan fingerprint density at radius 3 is 2.14 bits per heavy atom. The molecule has 4 heterocycles. The van der Waals surface area contributed by atoms with Gasteiger partial charge >= 0.3 is 5.97 Å². The number of ether oxygens (including phenoxy) is 5. The number of aliphatic hydroxyl groups excluding tert-OH is 5. The number of hydrogen-bond donors (Lipinski definition) is 12. The highest BCUT2D eigenvalue weighted by molar-refractivity contribution is 5.79. The van der Waals surface area contributed by atoms with Crippen molar-refractivity contribution in [2.45, 2.75) is 177 Å². The third kappa shape index (κ3) is 19.2. The number of carbonyl (C=O) groups excluding carboxylic acids is 2. The third-order valence-corrected chi connectivity index (χ3v) is 15.5. The Bertz CT molecular complexity index is 1770. The molecular weight excluding hydrogens is 959 g/mol. The Balaban J connectivity index is 1.09. The van der Waals surface area contributed by atoms with Crippen LogP contribution >= 0.6 is 0 Å². The maximum Gasteiger partial charge on any atom is 0.332 e. The van der Waals surface area contributed by atoms with Gasteiger partial charge in [-0.1, -0.05) is 63.3 Å². The highest BCUT2D eigenvalue weighted by atomic mass is 16.7. The van der Waals surface area contributed by atoms with Crippen LogP contribution in [0.3, 0.4) is 0 Å². The van der Waals surface area contributed by atoms with Gasteiger partial charge in [-0.15, -0.1) is 0 Å². The van der Waals surface area contributed by atoms with Crippen LogP contribution < -0.4 is 31.9 Å². The summed E-state index contributed by atoms with van der Waals surface area (Å²) in [7, 11) is 0.